The molecule has 26 heavy (non-hydrogen) atoms. The van der Waals surface area contributed by atoms with Gasteiger partial charge in [-0.05, 0) is 36.2 Å². The number of esters is 1. The van der Waals surface area contributed by atoms with Crippen LogP contribution in [0.15, 0.2) is 55.8 Å². The number of rotatable bonds is 5. The second-order valence-electron chi connectivity index (χ2n) is 7.10. The Morgan fingerprint density at radius 2 is 2.19 bits per heavy atom. The van der Waals surface area contributed by atoms with Gasteiger partial charge in [-0.3, -0.25) is 9.69 Å². The number of carbonyl (C=O) groups excluding carboxylic acids is 1. The average molecular weight is 348 g/mol. The Kier molecular flexibility index (Phi) is 4.29. The molecule has 2 heterocycles. The predicted octanol–water partition coefficient (Wildman–Crippen LogP) is 3.43. The summed E-state index contributed by atoms with van der Waals surface area (Å²) in [7, 11) is 2.09. The van der Waals surface area contributed by atoms with Gasteiger partial charge >= 0.3 is 5.97 Å². The SMILES string of the molecule is C=CCOC(=O)[C@@H]1C=C2c3cccc4c3c(cn4CC=C)C[C@H]2N(C)C1. The van der Waals surface area contributed by atoms with Crippen LogP contribution in [0.2, 0.25) is 0 Å². The van der Waals surface area contributed by atoms with Crippen LogP contribution in [0, 0.1) is 5.92 Å². The van der Waals surface area contributed by atoms with Gasteiger partial charge in [0.05, 0.1) is 5.92 Å². The molecule has 0 radical (unpaired) electrons. The van der Waals surface area contributed by atoms with E-state index in [2.05, 4.69) is 60.1 Å². The summed E-state index contributed by atoms with van der Waals surface area (Å²) in [5, 5.41) is 1.31. The number of ether oxygens (including phenoxy) is 1. The third-order valence-electron chi connectivity index (χ3n) is 5.44. The Balaban J connectivity index is 1.80. The monoisotopic (exact) mass is 348 g/mol. The molecule has 1 aliphatic carbocycles. The zero-order valence-corrected chi connectivity index (χ0v) is 15.1. The summed E-state index contributed by atoms with van der Waals surface area (Å²) in [6.07, 6.45) is 8.88. The van der Waals surface area contributed by atoms with E-state index in [4.69, 9.17) is 4.74 Å². The second kappa shape index (κ2) is 6.61. The fraction of sp³-hybridized carbons (Fsp3) is 0.318. The number of likely N-dealkylation sites (N-methyl/N-ethyl adjacent to an activating group) is 1. The highest BCUT2D eigenvalue weighted by atomic mass is 16.5. The normalized spacial score (nSPS) is 21.8. The van der Waals surface area contributed by atoms with Crippen LogP contribution < -0.4 is 0 Å². The van der Waals surface area contributed by atoms with Crippen molar-refractivity contribution >= 4 is 22.4 Å². The first-order chi connectivity index (χ1) is 12.6. The van der Waals surface area contributed by atoms with Gasteiger partial charge in [-0.2, -0.15) is 0 Å². The predicted molar refractivity (Wildman–Crippen MR) is 105 cm³/mol. The van der Waals surface area contributed by atoms with E-state index in [1.165, 1.54) is 27.6 Å². The second-order valence-corrected chi connectivity index (χ2v) is 7.10. The van der Waals surface area contributed by atoms with Crippen LogP contribution >= 0.6 is 0 Å². The molecule has 1 aromatic heterocycles. The van der Waals surface area contributed by atoms with Gasteiger partial charge in [0, 0.05) is 36.2 Å². The fourth-order valence-corrected chi connectivity index (χ4v) is 4.31. The van der Waals surface area contributed by atoms with E-state index in [0.29, 0.717) is 12.6 Å². The summed E-state index contributed by atoms with van der Waals surface area (Å²) in [6.45, 7) is 9.23. The largest absolute Gasteiger partial charge is 0.461 e. The number of allylic oxidation sites excluding steroid dienone is 1. The van der Waals surface area contributed by atoms with Crippen LogP contribution in [0.25, 0.3) is 16.5 Å². The molecule has 0 unspecified atom stereocenters. The Bertz CT molecular complexity index is 922. The van der Waals surface area contributed by atoms with Crippen LogP contribution in [0.4, 0.5) is 0 Å². The van der Waals surface area contributed by atoms with Crippen molar-refractivity contribution in [3.8, 4) is 0 Å². The number of benzene rings is 1. The van der Waals surface area contributed by atoms with Crippen LogP contribution in [-0.2, 0) is 22.5 Å². The lowest BCUT2D eigenvalue weighted by atomic mass is 9.80. The van der Waals surface area contributed by atoms with Gasteiger partial charge in [0.2, 0.25) is 0 Å². The molecule has 0 N–H and O–H groups in total. The van der Waals surface area contributed by atoms with Crippen molar-refractivity contribution in [3.63, 3.8) is 0 Å². The summed E-state index contributed by atoms with van der Waals surface area (Å²) < 4.78 is 7.55. The molecule has 0 saturated heterocycles. The number of nitrogens with zero attached hydrogens (tertiary/aromatic N) is 2. The number of carbonyl (C=O) groups is 1. The Morgan fingerprint density at radius 3 is 2.96 bits per heavy atom. The lowest BCUT2D eigenvalue weighted by molar-refractivity contribution is -0.146. The summed E-state index contributed by atoms with van der Waals surface area (Å²) in [5.41, 5.74) is 5.09. The molecule has 0 spiro atoms. The molecule has 4 nitrogen and oxygen atoms in total. The topological polar surface area (TPSA) is 34.5 Å². The van der Waals surface area contributed by atoms with E-state index in [0.717, 1.165) is 13.0 Å². The molecule has 2 atom stereocenters. The van der Waals surface area contributed by atoms with E-state index < -0.39 is 0 Å². The third-order valence-corrected chi connectivity index (χ3v) is 5.44. The van der Waals surface area contributed by atoms with E-state index in [9.17, 15) is 4.79 Å². The maximum absolute atomic E-state index is 12.4. The first kappa shape index (κ1) is 16.9. The van der Waals surface area contributed by atoms with Crippen molar-refractivity contribution in [2.75, 3.05) is 20.2 Å². The Hall–Kier alpha value is -2.59. The number of aromatic nitrogens is 1. The number of fused-ring (bicyclic) bond motifs is 2. The minimum absolute atomic E-state index is 0.176. The fourth-order valence-electron chi connectivity index (χ4n) is 4.31. The van der Waals surface area contributed by atoms with Crippen LogP contribution in [-0.4, -0.2) is 41.7 Å². The van der Waals surface area contributed by atoms with Crippen molar-refractivity contribution in [1.29, 1.82) is 0 Å². The number of hydrogen-bond acceptors (Lipinski definition) is 3. The molecule has 0 saturated carbocycles. The Morgan fingerprint density at radius 1 is 1.35 bits per heavy atom. The van der Waals surface area contributed by atoms with Gasteiger partial charge < -0.3 is 9.30 Å². The minimum Gasteiger partial charge on any atom is -0.461 e. The van der Waals surface area contributed by atoms with E-state index in [1.807, 2.05) is 6.08 Å². The summed E-state index contributed by atoms with van der Waals surface area (Å²) in [5.74, 6) is -0.414. The first-order valence-electron chi connectivity index (χ1n) is 9.05. The van der Waals surface area contributed by atoms with Gasteiger partial charge in [-0.25, -0.2) is 0 Å². The highest BCUT2D eigenvalue weighted by Gasteiger charge is 2.36. The molecule has 0 bridgehead atoms. The van der Waals surface area contributed by atoms with Crippen LogP contribution in [0.5, 0.6) is 0 Å². The van der Waals surface area contributed by atoms with Gasteiger partial charge in [0.15, 0.2) is 0 Å². The summed E-state index contributed by atoms with van der Waals surface area (Å²) >= 11 is 0. The highest BCUT2D eigenvalue weighted by molar-refractivity contribution is 5.99. The first-order valence-corrected chi connectivity index (χ1v) is 9.05. The van der Waals surface area contributed by atoms with Crippen molar-refractivity contribution in [1.82, 2.24) is 9.47 Å². The van der Waals surface area contributed by atoms with Gasteiger partial charge in [0.25, 0.3) is 0 Å². The van der Waals surface area contributed by atoms with Gasteiger partial charge in [0.1, 0.15) is 6.61 Å². The molecule has 4 heteroatoms. The molecule has 1 aliphatic heterocycles. The lowest BCUT2D eigenvalue weighted by Crippen LogP contribution is -2.44. The molecular weight excluding hydrogens is 324 g/mol. The summed E-state index contributed by atoms with van der Waals surface area (Å²) in [6, 6.07) is 6.74. The minimum atomic E-state index is -0.238. The highest BCUT2D eigenvalue weighted by Crippen LogP contribution is 2.41. The molecule has 1 aromatic carbocycles. The lowest BCUT2D eigenvalue weighted by Gasteiger charge is -2.39. The molecule has 0 fully saturated rings. The van der Waals surface area contributed by atoms with E-state index in [-0.39, 0.29) is 18.5 Å². The smallest absolute Gasteiger partial charge is 0.314 e. The van der Waals surface area contributed by atoms with E-state index >= 15 is 0 Å². The molecule has 0 amide bonds. The van der Waals surface area contributed by atoms with Crippen LogP contribution in [0.3, 0.4) is 0 Å². The molecule has 4 rings (SSSR count). The van der Waals surface area contributed by atoms with Crippen molar-refractivity contribution in [2.24, 2.45) is 5.92 Å². The zero-order valence-electron chi connectivity index (χ0n) is 15.1. The molecular formula is C22H24N2O2. The summed E-state index contributed by atoms with van der Waals surface area (Å²) in [4.78, 5) is 14.7. The zero-order chi connectivity index (χ0) is 18.3. The van der Waals surface area contributed by atoms with Crippen molar-refractivity contribution < 1.29 is 9.53 Å². The third kappa shape index (κ3) is 2.61. The van der Waals surface area contributed by atoms with Gasteiger partial charge in [-0.1, -0.05) is 36.9 Å². The maximum Gasteiger partial charge on any atom is 0.314 e. The van der Waals surface area contributed by atoms with Crippen molar-refractivity contribution in [2.45, 2.75) is 19.0 Å². The maximum atomic E-state index is 12.4. The number of hydrogen-bond donors (Lipinski definition) is 0. The molecule has 2 aliphatic rings. The quantitative estimate of drug-likeness (QED) is 0.613. The average Bonchev–Trinajstić information content (AvgIpc) is 3.00. The van der Waals surface area contributed by atoms with Crippen LogP contribution in [0.1, 0.15) is 11.1 Å². The van der Waals surface area contributed by atoms with Gasteiger partial charge in [-0.15, -0.1) is 6.58 Å². The van der Waals surface area contributed by atoms with Crippen molar-refractivity contribution in [3.05, 3.63) is 66.9 Å². The van der Waals surface area contributed by atoms with E-state index in [1.54, 1.807) is 6.08 Å². The Labute approximate surface area is 154 Å². The molecule has 2 aromatic rings. The standard InChI is InChI=1S/C22H24N2O2/c1-4-9-24-14-15-12-20-18(17-7-6-8-19(24)21(15)17)11-16(13-23(20)3)22(25)26-10-5-2/h4-8,11,14,16,20H,1-2,9-10,12-13H2,3H3/t16-,20-/m1/s1. The molecule has 134 valence electrons.